The first-order valence-electron chi connectivity index (χ1n) is 7.44. The molecule has 1 aromatic rings. The van der Waals surface area contributed by atoms with Gasteiger partial charge in [-0.2, -0.15) is 13.2 Å². The van der Waals surface area contributed by atoms with Crippen LogP contribution >= 0.6 is 24.0 Å². The number of benzene rings is 1. The molecule has 1 aliphatic carbocycles. The van der Waals surface area contributed by atoms with Crippen LogP contribution in [0.25, 0.3) is 0 Å². The normalized spacial score (nSPS) is 16.9. The highest BCUT2D eigenvalue weighted by molar-refractivity contribution is 14.0. The lowest BCUT2D eigenvalue weighted by Crippen LogP contribution is -2.35. The molecule has 3 nitrogen and oxygen atoms in total. The molecule has 0 heterocycles. The molecule has 3 N–H and O–H groups in total. The van der Waals surface area contributed by atoms with Crippen LogP contribution in [0.5, 0.6) is 0 Å². The number of nitrogens with one attached hydrogen (secondary N) is 1. The van der Waals surface area contributed by atoms with E-state index in [1.165, 1.54) is 12.1 Å². The molecule has 0 radical (unpaired) electrons. The second kappa shape index (κ2) is 7.72. The number of hydrogen-bond donors (Lipinski definition) is 2. The standard InChI is InChI=1S/C16H22F3N3.HI/c1-11(2)9-21-14(20)22-10-15(6-7-15)12-4-3-5-13(8-12)16(17,18)19;/h3-5,8,11H,6-7,9-10H2,1-2H3,(H3,20,21,22);1H. The van der Waals surface area contributed by atoms with Gasteiger partial charge in [0, 0.05) is 12.0 Å². The van der Waals surface area contributed by atoms with Gasteiger partial charge in [0.25, 0.3) is 0 Å². The zero-order chi connectivity index (χ0) is 16.4. The lowest BCUT2D eigenvalue weighted by atomic mass is 9.94. The van der Waals surface area contributed by atoms with Crippen molar-refractivity contribution >= 4 is 29.9 Å². The Morgan fingerprint density at radius 3 is 2.52 bits per heavy atom. The van der Waals surface area contributed by atoms with Crippen molar-refractivity contribution in [2.24, 2.45) is 16.6 Å². The summed E-state index contributed by atoms with van der Waals surface area (Å²) in [7, 11) is 0. The zero-order valence-corrected chi connectivity index (χ0v) is 15.6. The number of rotatable bonds is 5. The Morgan fingerprint density at radius 2 is 2.00 bits per heavy atom. The van der Waals surface area contributed by atoms with Crippen molar-refractivity contribution in [1.29, 1.82) is 0 Å². The summed E-state index contributed by atoms with van der Waals surface area (Å²) in [6.07, 6.45) is -2.63. The first-order chi connectivity index (χ1) is 10.2. The van der Waals surface area contributed by atoms with Crippen LogP contribution in [0, 0.1) is 5.92 Å². The maximum Gasteiger partial charge on any atom is 0.416 e. The summed E-state index contributed by atoms with van der Waals surface area (Å²) in [4.78, 5) is 4.30. The molecule has 23 heavy (non-hydrogen) atoms. The lowest BCUT2D eigenvalue weighted by molar-refractivity contribution is -0.137. The van der Waals surface area contributed by atoms with Gasteiger partial charge in [-0.05, 0) is 30.4 Å². The van der Waals surface area contributed by atoms with E-state index in [9.17, 15) is 13.2 Å². The monoisotopic (exact) mass is 441 g/mol. The highest BCUT2D eigenvalue weighted by Crippen LogP contribution is 2.49. The van der Waals surface area contributed by atoms with E-state index < -0.39 is 11.7 Å². The van der Waals surface area contributed by atoms with Crippen LogP contribution in [0.3, 0.4) is 0 Å². The molecule has 0 amide bonds. The minimum absolute atomic E-state index is 0. The van der Waals surface area contributed by atoms with Crippen LogP contribution in [0.2, 0.25) is 0 Å². The molecule has 0 spiro atoms. The summed E-state index contributed by atoms with van der Waals surface area (Å²) < 4.78 is 38.4. The number of alkyl halides is 3. The van der Waals surface area contributed by atoms with Crippen molar-refractivity contribution in [3.63, 3.8) is 0 Å². The van der Waals surface area contributed by atoms with E-state index in [-0.39, 0.29) is 29.4 Å². The fourth-order valence-corrected chi connectivity index (χ4v) is 2.32. The molecule has 0 aliphatic heterocycles. The minimum Gasteiger partial charge on any atom is -0.370 e. The van der Waals surface area contributed by atoms with Crippen molar-refractivity contribution in [1.82, 2.24) is 5.32 Å². The largest absolute Gasteiger partial charge is 0.416 e. The Labute approximate surface area is 152 Å². The van der Waals surface area contributed by atoms with Crippen molar-refractivity contribution < 1.29 is 13.2 Å². The first kappa shape index (κ1) is 20.1. The molecule has 0 atom stereocenters. The number of nitrogens with zero attached hydrogens (tertiary/aromatic N) is 1. The molecule has 1 aliphatic rings. The quantitative estimate of drug-likeness (QED) is 0.414. The fraction of sp³-hybridized carbons (Fsp3) is 0.562. The Morgan fingerprint density at radius 1 is 1.35 bits per heavy atom. The van der Waals surface area contributed by atoms with Crippen LogP contribution < -0.4 is 11.1 Å². The van der Waals surface area contributed by atoms with Crippen molar-refractivity contribution in [2.45, 2.75) is 38.3 Å². The van der Waals surface area contributed by atoms with Gasteiger partial charge in [-0.15, -0.1) is 24.0 Å². The van der Waals surface area contributed by atoms with E-state index in [1.54, 1.807) is 6.07 Å². The minimum atomic E-state index is -4.31. The number of nitrogens with two attached hydrogens (primary N) is 1. The van der Waals surface area contributed by atoms with E-state index in [0.717, 1.165) is 25.5 Å². The van der Waals surface area contributed by atoms with Gasteiger partial charge in [-0.25, -0.2) is 0 Å². The SMILES string of the molecule is CC(C)CNC(N)=NCC1(c2cccc(C(F)(F)F)c2)CC1.I. The van der Waals surface area contributed by atoms with Gasteiger partial charge in [-0.1, -0.05) is 32.0 Å². The molecular formula is C16H23F3IN3. The average Bonchev–Trinajstić information content (AvgIpc) is 3.23. The smallest absolute Gasteiger partial charge is 0.370 e. The summed E-state index contributed by atoms with van der Waals surface area (Å²) in [6.45, 7) is 5.27. The van der Waals surface area contributed by atoms with Crippen LogP contribution in [-0.4, -0.2) is 19.0 Å². The van der Waals surface area contributed by atoms with E-state index >= 15 is 0 Å². The maximum absolute atomic E-state index is 12.8. The molecule has 1 aromatic carbocycles. The molecule has 7 heteroatoms. The number of guanidine groups is 1. The van der Waals surface area contributed by atoms with Gasteiger partial charge >= 0.3 is 6.18 Å². The summed E-state index contributed by atoms with van der Waals surface area (Å²) in [5.74, 6) is 0.805. The van der Waals surface area contributed by atoms with Crippen molar-refractivity contribution in [3.05, 3.63) is 35.4 Å². The zero-order valence-electron chi connectivity index (χ0n) is 13.3. The molecule has 0 aromatic heterocycles. The third-order valence-electron chi connectivity index (χ3n) is 3.90. The van der Waals surface area contributed by atoms with Gasteiger partial charge in [0.05, 0.1) is 12.1 Å². The van der Waals surface area contributed by atoms with Crippen molar-refractivity contribution in [2.75, 3.05) is 13.1 Å². The summed E-state index contributed by atoms with van der Waals surface area (Å²) in [5, 5.41) is 3.02. The average molecular weight is 441 g/mol. The van der Waals surface area contributed by atoms with Gasteiger partial charge < -0.3 is 11.1 Å². The second-order valence-corrected chi connectivity index (χ2v) is 6.34. The fourth-order valence-electron chi connectivity index (χ4n) is 2.32. The number of aliphatic imine (C=N–C) groups is 1. The third kappa shape index (κ3) is 5.54. The second-order valence-electron chi connectivity index (χ2n) is 6.34. The Hall–Kier alpha value is -0.990. The predicted molar refractivity (Wildman–Crippen MR) is 97.1 cm³/mol. The van der Waals surface area contributed by atoms with Gasteiger partial charge in [-0.3, -0.25) is 4.99 Å². The van der Waals surface area contributed by atoms with Crippen LogP contribution in [-0.2, 0) is 11.6 Å². The molecular weight excluding hydrogens is 418 g/mol. The van der Waals surface area contributed by atoms with E-state index in [0.29, 0.717) is 24.0 Å². The first-order valence-corrected chi connectivity index (χ1v) is 7.44. The summed E-state index contributed by atoms with van der Waals surface area (Å²) >= 11 is 0. The lowest BCUT2D eigenvalue weighted by Gasteiger charge is -2.16. The topological polar surface area (TPSA) is 50.4 Å². The molecule has 0 saturated heterocycles. The molecule has 1 saturated carbocycles. The summed E-state index contributed by atoms with van der Waals surface area (Å²) in [5.41, 5.74) is 5.60. The van der Waals surface area contributed by atoms with E-state index in [4.69, 9.17) is 5.73 Å². The van der Waals surface area contributed by atoms with Gasteiger partial charge in [0.1, 0.15) is 0 Å². The van der Waals surface area contributed by atoms with Crippen molar-refractivity contribution in [3.8, 4) is 0 Å². The molecule has 130 valence electrons. The molecule has 0 bridgehead atoms. The Bertz CT molecular complexity index is 552. The van der Waals surface area contributed by atoms with E-state index in [1.807, 2.05) is 0 Å². The summed E-state index contributed by atoms with van der Waals surface area (Å²) in [6, 6.07) is 5.54. The Kier molecular flexibility index (Phi) is 6.73. The van der Waals surface area contributed by atoms with Gasteiger partial charge in [0.2, 0.25) is 0 Å². The Balaban J connectivity index is 0.00000264. The number of hydrogen-bond acceptors (Lipinski definition) is 1. The molecule has 1 fully saturated rings. The highest BCUT2D eigenvalue weighted by Gasteiger charge is 2.45. The maximum atomic E-state index is 12.8. The molecule has 2 rings (SSSR count). The third-order valence-corrected chi connectivity index (χ3v) is 3.90. The van der Waals surface area contributed by atoms with Crippen LogP contribution in [0.4, 0.5) is 13.2 Å². The van der Waals surface area contributed by atoms with Gasteiger partial charge in [0.15, 0.2) is 5.96 Å². The van der Waals surface area contributed by atoms with E-state index in [2.05, 4.69) is 24.2 Å². The molecule has 0 unspecified atom stereocenters. The highest BCUT2D eigenvalue weighted by atomic mass is 127. The number of halogens is 4. The predicted octanol–water partition coefficient (Wildman–Crippen LogP) is 3.92. The van der Waals surface area contributed by atoms with Crippen LogP contribution in [0.1, 0.15) is 37.8 Å². The van der Waals surface area contributed by atoms with Crippen LogP contribution in [0.15, 0.2) is 29.3 Å².